The van der Waals surface area contributed by atoms with Gasteiger partial charge < -0.3 is 14.8 Å². The van der Waals surface area contributed by atoms with Gasteiger partial charge in [0.25, 0.3) is 0 Å². The number of rotatable bonds is 3. The molecule has 1 heterocycles. The normalized spacial score (nSPS) is 13.3. The lowest BCUT2D eigenvalue weighted by atomic mass is 10.1. The molecule has 0 saturated carbocycles. The molecular formula is C12H14ClNO3. The number of hydrogen-bond donors (Lipinski definition) is 1. The zero-order valence-corrected chi connectivity index (χ0v) is 10.3. The lowest BCUT2D eigenvalue weighted by Gasteiger charge is -2.20. The van der Waals surface area contributed by atoms with Gasteiger partial charge in [0.05, 0.1) is 0 Å². The molecule has 1 aromatic carbocycles. The summed E-state index contributed by atoms with van der Waals surface area (Å²) in [5.74, 6) is 1.61. The van der Waals surface area contributed by atoms with Crippen LogP contribution in [-0.4, -0.2) is 25.0 Å². The number of anilines is 1. The predicted octanol–water partition coefficient (Wildman–Crippen LogP) is 2.33. The van der Waals surface area contributed by atoms with E-state index < -0.39 is 0 Å². The number of alkyl halides is 1. The molecule has 5 heteroatoms. The minimum atomic E-state index is -0.0974. The third kappa shape index (κ3) is 2.82. The highest BCUT2D eigenvalue weighted by atomic mass is 35.5. The summed E-state index contributed by atoms with van der Waals surface area (Å²) in [6, 6.07) is 3.65. The van der Waals surface area contributed by atoms with E-state index in [9.17, 15) is 4.79 Å². The molecule has 1 N–H and O–H groups in total. The molecule has 1 aromatic rings. The molecule has 0 fully saturated rings. The molecule has 1 amide bonds. The van der Waals surface area contributed by atoms with Crippen molar-refractivity contribution in [3.05, 3.63) is 17.7 Å². The summed E-state index contributed by atoms with van der Waals surface area (Å²) in [5.41, 5.74) is 1.68. The highest BCUT2D eigenvalue weighted by Gasteiger charge is 2.15. The van der Waals surface area contributed by atoms with Crippen LogP contribution in [0.25, 0.3) is 0 Å². The summed E-state index contributed by atoms with van der Waals surface area (Å²) in [7, 11) is 0. The van der Waals surface area contributed by atoms with Crippen molar-refractivity contribution in [3.8, 4) is 11.5 Å². The summed E-state index contributed by atoms with van der Waals surface area (Å²) in [6.07, 6.45) is 0.301. The van der Waals surface area contributed by atoms with Gasteiger partial charge in [-0.15, -0.1) is 11.6 Å². The van der Waals surface area contributed by atoms with Crippen molar-refractivity contribution in [2.45, 2.75) is 13.3 Å². The second kappa shape index (κ2) is 5.27. The van der Waals surface area contributed by atoms with Gasteiger partial charge in [-0.25, -0.2) is 0 Å². The first-order valence-electron chi connectivity index (χ1n) is 5.47. The Morgan fingerprint density at radius 3 is 2.65 bits per heavy atom. The zero-order valence-electron chi connectivity index (χ0n) is 9.59. The average molecular weight is 256 g/mol. The van der Waals surface area contributed by atoms with Crippen molar-refractivity contribution in [2.24, 2.45) is 0 Å². The largest absolute Gasteiger partial charge is 0.486 e. The average Bonchev–Trinajstić information content (AvgIpc) is 2.30. The van der Waals surface area contributed by atoms with Crippen LogP contribution in [-0.2, 0) is 4.79 Å². The number of benzene rings is 1. The van der Waals surface area contributed by atoms with Gasteiger partial charge in [0.1, 0.15) is 13.2 Å². The zero-order chi connectivity index (χ0) is 12.3. The van der Waals surface area contributed by atoms with Crippen molar-refractivity contribution in [1.29, 1.82) is 0 Å². The van der Waals surface area contributed by atoms with Crippen LogP contribution in [0, 0.1) is 6.92 Å². The maximum atomic E-state index is 11.5. The molecule has 0 bridgehead atoms. The van der Waals surface area contributed by atoms with Crippen LogP contribution in [0.2, 0.25) is 0 Å². The maximum absolute atomic E-state index is 11.5. The van der Waals surface area contributed by atoms with Gasteiger partial charge in [0.15, 0.2) is 11.5 Å². The summed E-state index contributed by atoms with van der Waals surface area (Å²) in [6.45, 7) is 3.00. The molecule has 0 atom stereocenters. The lowest BCUT2D eigenvalue weighted by Crippen LogP contribution is -2.17. The Morgan fingerprint density at radius 2 is 2.00 bits per heavy atom. The SMILES string of the molecule is Cc1cc2c(cc1NC(=O)CCCl)OCCO2. The number of amides is 1. The molecule has 0 radical (unpaired) electrons. The van der Waals surface area contributed by atoms with Gasteiger partial charge in [0.2, 0.25) is 5.91 Å². The molecule has 2 rings (SSSR count). The highest BCUT2D eigenvalue weighted by molar-refractivity contribution is 6.19. The van der Waals surface area contributed by atoms with Gasteiger partial charge in [-0.1, -0.05) is 0 Å². The lowest BCUT2D eigenvalue weighted by molar-refractivity contribution is -0.115. The van der Waals surface area contributed by atoms with E-state index in [1.54, 1.807) is 6.07 Å². The Hall–Kier alpha value is -1.42. The minimum absolute atomic E-state index is 0.0974. The first kappa shape index (κ1) is 12.0. The van der Waals surface area contributed by atoms with Crippen molar-refractivity contribution in [1.82, 2.24) is 0 Å². The van der Waals surface area contributed by atoms with Crippen LogP contribution in [0.1, 0.15) is 12.0 Å². The number of halogens is 1. The summed E-state index contributed by atoms with van der Waals surface area (Å²) in [4.78, 5) is 11.5. The number of hydrogen-bond acceptors (Lipinski definition) is 3. The molecule has 0 spiro atoms. The molecule has 0 unspecified atom stereocenters. The number of carbonyl (C=O) groups excluding carboxylic acids is 1. The quantitative estimate of drug-likeness (QED) is 0.844. The molecule has 17 heavy (non-hydrogen) atoms. The van der Waals surface area contributed by atoms with Gasteiger partial charge in [0, 0.05) is 24.1 Å². The fraction of sp³-hybridized carbons (Fsp3) is 0.417. The van der Waals surface area contributed by atoms with E-state index in [0.29, 0.717) is 31.3 Å². The summed E-state index contributed by atoms with van der Waals surface area (Å²) < 4.78 is 10.9. The Labute approximate surface area is 105 Å². The first-order valence-corrected chi connectivity index (χ1v) is 6.00. The van der Waals surface area contributed by atoms with Crippen LogP contribution < -0.4 is 14.8 Å². The molecule has 0 aromatic heterocycles. The second-order valence-corrected chi connectivity index (χ2v) is 4.18. The molecule has 4 nitrogen and oxygen atoms in total. The van der Waals surface area contributed by atoms with Crippen LogP contribution in [0.4, 0.5) is 5.69 Å². The number of fused-ring (bicyclic) bond motifs is 1. The molecule has 1 aliphatic heterocycles. The smallest absolute Gasteiger partial charge is 0.225 e. The first-order chi connectivity index (χ1) is 8.20. The van der Waals surface area contributed by atoms with E-state index in [4.69, 9.17) is 21.1 Å². The highest BCUT2D eigenvalue weighted by Crippen LogP contribution is 2.35. The van der Waals surface area contributed by atoms with Crippen molar-refractivity contribution in [2.75, 3.05) is 24.4 Å². The molecule has 1 aliphatic rings. The predicted molar refractivity (Wildman–Crippen MR) is 66.1 cm³/mol. The van der Waals surface area contributed by atoms with Crippen molar-refractivity contribution >= 4 is 23.2 Å². The Bertz CT molecular complexity index is 434. The number of ether oxygens (including phenoxy) is 2. The third-order valence-electron chi connectivity index (χ3n) is 2.48. The Morgan fingerprint density at radius 1 is 1.35 bits per heavy atom. The third-order valence-corrected chi connectivity index (χ3v) is 2.67. The van der Waals surface area contributed by atoms with E-state index in [2.05, 4.69) is 5.32 Å². The topological polar surface area (TPSA) is 47.6 Å². The van der Waals surface area contributed by atoms with Gasteiger partial charge in [-0.2, -0.15) is 0 Å². The monoisotopic (exact) mass is 255 g/mol. The molecule has 92 valence electrons. The van der Waals surface area contributed by atoms with E-state index in [0.717, 1.165) is 17.0 Å². The van der Waals surface area contributed by atoms with Crippen LogP contribution in [0.3, 0.4) is 0 Å². The molecule has 0 saturated heterocycles. The van der Waals surface area contributed by atoms with Crippen LogP contribution >= 0.6 is 11.6 Å². The van der Waals surface area contributed by atoms with Gasteiger partial charge >= 0.3 is 0 Å². The minimum Gasteiger partial charge on any atom is -0.486 e. The van der Waals surface area contributed by atoms with Crippen LogP contribution in [0.15, 0.2) is 12.1 Å². The maximum Gasteiger partial charge on any atom is 0.225 e. The van der Waals surface area contributed by atoms with Crippen molar-refractivity contribution in [3.63, 3.8) is 0 Å². The fourth-order valence-electron chi connectivity index (χ4n) is 1.62. The Balaban J connectivity index is 2.19. The second-order valence-electron chi connectivity index (χ2n) is 3.80. The van der Waals surface area contributed by atoms with E-state index in [-0.39, 0.29) is 5.91 Å². The number of nitrogens with one attached hydrogen (secondary N) is 1. The number of aryl methyl sites for hydroxylation is 1. The fourth-order valence-corrected chi connectivity index (χ4v) is 1.80. The summed E-state index contributed by atoms with van der Waals surface area (Å²) in [5, 5.41) is 2.80. The standard InChI is InChI=1S/C12H14ClNO3/c1-8-6-10-11(17-5-4-16-10)7-9(8)14-12(15)2-3-13/h6-7H,2-5H2,1H3,(H,14,15). The Kier molecular flexibility index (Phi) is 3.74. The van der Waals surface area contributed by atoms with E-state index in [1.807, 2.05) is 13.0 Å². The number of carbonyl (C=O) groups is 1. The van der Waals surface area contributed by atoms with Crippen LogP contribution in [0.5, 0.6) is 11.5 Å². The van der Waals surface area contributed by atoms with E-state index in [1.165, 1.54) is 0 Å². The van der Waals surface area contributed by atoms with Gasteiger partial charge in [-0.05, 0) is 18.6 Å². The van der Waals surface area contributed by atoms with Crippen molar-refractivity contribution < 1.29 is 14.3 Å². The summed E-state index contributed by atoms with van der Waals surface area (Å²) >= 11 is 5.51. The van der Waals surface area contributed by atoms with Gasteiger partial charge in [-0.3, -0.25) is 4.79 Å². The van der Waals surface area contributed by atoms with E-state index >= 15 is 0 Å². The molecule has 0 aliphatic carbocycles. The molecular weight excluding hydrogens is 242 g/mol.